The second-order valence-corrected chi connectivity index (χ2v) is 11.3. The van der Waals surface area contributed by atoms with Crippen LogP contribution >= 0.6 is 11.6 Å². The number of halogens is 1. The first-order valence-corrected chi connectivity index (χ1v) is 14.7. The van der Waals surface area contributed by atoms with Crippen LogP contribution < -0.4 is 9.64 Å². The van der Waals surface area contributed by atoms with Gasteiger partial charge in [0.2, 0.25) is 5.91 Å². The van der Waals surface area contributed by atoms with E-state index in [1.54, 1.807) is 14.0 Å². The van der Waals surface area contributed by atoms with E-state index in [0.29, 0.717) is 5.92 Å². The minimum Gasteiger partial charge on any atom is -0.495 e. The van der Waals surface area contributed by atoms with Gasteiger partial charge in [0.1, 0.15) is 5.75 Å². The number of piperidine rings is 1. The van der Waals surface area contributed by atoms with E-state index in [1.165, 1.54) is 29.5 Å². The van der Waals surface area contributed by atoms with Crippen LogP contribution in [0.25, 0.3) is 10.9 Å². The molecule has 0 saturated carbocycles. The highest BCUT2D eigenvalue weighted by molar-refractivity contribution is 6.31. The fourth-order valence-corrected chi connectivity index (χ4v) is 6.38. The van der Waals surface area contributed by atoms with Crippen LogP contribution in [0.2, 0.25) is 5.02 Å². The van der Waals surface area contributed by atoms with Crippen molar-refractivity contribution < 1.29 is 9.53 Å². The lowest BCUT2D eigenvalue weighted by molar-refractivity contribution is -0.129. The number of likely N-dealkylation sites (tertiary alicyclic amines) is 1. The lowest BCUT2D eigenvalue weighted by Crippen LogP contribution is -2.49. The van der Waals surface area contributed by atoms with Crippen LogP contribution in [0.15, 0.2) is 48.7 Å². The van der Waals surface area contributed by atoms with E-state index < -0.39 is 0 Å². The van der Waals surface area contributed by atoms with Gasteiger partial charge in [-0.1, -0.05) is 29.8 Å². The number of hydrogen-bond donors (Lipinski definition) is 1. The summed E-state index contributed by atoms with van der Waals surface area (Å²) >= 11 is 6.16. The maximum Gasteiger partial charge on any atom is 0.219 e. The first-order valence-electron chi connectivity index (χ1n) is 14.4. The minimum absolute atomic E-state index is 0.181. The molecule has 0 aliphatic carbocycles. The molecule has 0 radical (unpaired) electrons. The van der Waals surface area contributed by atoms with Gasteiger partial charge >= 0.3 is 0 Å². The first-order chi connectivity index (χ1) is 19.0. The molecule has 7 nitrogen and oxygen atoms in total. The smallest absolute Gasteiger partial charge is 0.219 e. The van der Waals surface area contributed by atoms with E-state index in [1.807, 2.05) is 29.2 Å². The number of H-pyrrole nitrogens is 1. The Bertz CT molecular complexity index is 1230. The molecule has 39 heavy (non-hydrogen) atoms. The zero-order chi connectivity index (χ0) is 27.2. The molecule has 3 heterocycles. The molecule has 0 spiro atoms. The normalized spacial score (nSPS) is 17.6. The summed E-state index contributed by atoms with van der Waals surface area (Å²) in [6.45, 7) is 11.5. The maximum absolute atomic E-state index is 12.4. The number of ether oxygens (including phenoxy) is 1. The molecule has 210 valence electrons. The largest absolute Gasteiger partial charge is 0.495 e. The molecular weight excluding hydrogens is 510 g/mol. The van der Waals surface area contributed by atoms with Crippen molar-refractivity contribution in [3.05, 3.63) is 59.2 Å². The van der Waals surface area contributed by atoms with Gasteiger partial charge in [-0.05, 0) is 74.6 Å². The Balaban J connectivity index is 1.02. The average molecular weight is 552 g/mol. The lowest BCUT2D eigenvalue weighted by Gasteiger charge is -2.37. The highest BCUT2D eigenvalue weighted by Gasteiger charge is 2.24. The Kier molecular flexibility index (Phi) is 9.32. The average Bonchev–Trinajstić information content (AvgIpc) is 3.38. The minimum atomic E-state index is 0.181. The van der Waals surface area contributed by atoms with Crippen LogP contribution in [0.5, 0.6) is 5.75 Å². The predicted molar refractivity (Wildman–Crippen MR) is 160 cm³/mol. The molecule has 2 aliphatic rings. The number of piperazine rings is 1. The van der Waals surface area contributed by atoms with E-state index in [0.717, 1.165) is 88.2 Å². The van der Waals surface area contributed by atoms with Crippen molar-refractivity contribution >= 4 is 34.1 Å². The number of nitrogens with one attached hydrogen (secondary N) is 1. The molecule has 0 atom stereocenters. The molecule has 1 amide bonds. The molecule has 3 aromatic rings. The summed E-state index contributed by atoms with van der Waals surface area (Å²) in [4.78, 5) is 25.2. The number of hydrogen-bond acceptors (Lipinski definition) is 5. The van der Waals surface area contributed by atoms with E-state index in [-0.39, 0.29) is 5.91 Å². The van der Waals surface area contributed by atoms with Crippen molar-refractivity contribution in [1.82, 2.24) is 19.7 Å². The summed E-state index contributed by atoms with van der Waals surface area (Å²) in [6, 6.07) is 14.4. The monoisotopic (exact) mass is 551 g/mol. The van der Waals surface area contributed by atoms with Crippen molar-refractivity contribution in [3.8, 4) is 5.75 Å². The first kappa shape index (κ1) is 27.8. The second kappa shape index (κ2) is 13.1. The molecular formula is C31H42ClN5O2. The molecule has 1 aromatic heterocycles. The van der Waals surface area contributed by atoms with Gasteiger partial charge in [0.15, 0.2) is 0 Å². The number of carbonyl (C=O) groups is 1. The number of para-hydroxylation sites is 2. The third kappa shape index (κ3) is 6.89. The molecule has 8 heteroatoms. The Hall–Kier alpha value is -2.74. The van der Waals surface area contributed by atoms with Gasteiger partial charge in [0.05, 0.1) is 12.8 Å². The van der Waals surface area contributed by atoms with Gasteiger partial charge in [-0.25, -0.2) is 0 Å². The fourth-order valence-electron chi connectivity index (χ4n) is 6.20. The van der Waals surface area contributed by atoms with Gasteiger partial charge in [-0.2, -0.15) is 0 Å². The van der Waals surface area contributed by atoms with E-state index >= 15 is 0 Å². The summed E-state index contributed by atoms with van der Waals surface area (Å²) in [6.07, 6.45) is 5.54. The molecule has 0 unspecified atom stereocenters. The van der Waals surface area contributed by atoms with Gasteiger partial charge in [0.25, 0.3) is 0 Å². The Morgan fingerprint density at radius 3 is 2.49 bits per heavy atom. The van der Waals surface area contributed by atoms with Crippen LogP contribution in [-0.2, 0) is 4.79 Å². The van der Waals surface area contributed by atoms with Crippen molar-refractivity contribution in [3.63, 3.8) is 0 Å². The Morgan fingerprint density at radius 2 is 1.74 bits per heavy atom. The fraction of sp³-hybridized carbons (Fsp3) is 0.516. The maximum atomic E-state index is 12.4. The van der Waals surface area contributed by atoms with Crippen LogP contribution in [0.3, 0.4) is 0 Å². The third-order valence-corrected chi connectivity index (χ3v) is 8.77. The number of carbonyl (C=O) groups excluding carboxylic acids is 1. The number of amides is 1. The highest BCUT2D eigenvalue weighted by Crippen LogP contribution is 2.34. The molecule has 1 N–H and O–H groups in total. The van der Waals surface area contributed by atoms with Gasteiger partial charge in [-0.15, -0.1) is 0 Å². The molecule has 2 aliphatic heterocycles. The van der Waals surface area contributed by atoms with Crippen LogP contribution in [0.1, 0.15) is 37.7 Å². The summed E-state index contributed by atoms with van der Waals surface area (Å²) < 4.78 is 5.54. The van der Waals surface area contributed by atoms with E-state index in [2.05, 4.69) is 44.1 Å². The molecule has 2 aromatic carbocycles. The van der Waals surface area contributed by atoms with Crippen molar-refractivity contribution in [2.24, 2.45) is 0 Å². The standard InChI is InChI=1S/C31H42ClN5O2/c1-24(38)36(19-16-35-17-20-37(21-18-35)30-6-3-4-7-31(30)39-2)13-5-12-34-14-10-25(11-15-34)28-23-33-29-22-26(32)8-9-27(28)29/h3-4,6-9,22-23,25,33H,5,10-21H2,1-2H3. The van der Waals surface area contributed by atoms with Crippen LogP contribution in [-0.4, -0.2) is 98.1 Å². The van der Waals surface area contributed by atoms with Gasteiger partial charge in [0, 0.05) is 74.9 Å². The SMILES string of the molecule is COc1ccccc1N1CCN(CCN(CCCN2CCC(c3c[nH]c4cc(Cl)ccc34)CC2)C(C)=O)CC1. The number of fused-ring (bicyclic) bond motifs is 1. The number of aromatic nitrogens is 1. The number of aromatic amines is 1. The van der Waals surface area contributed by atoms with Crippen LogP contribution in [0, 0.1) is 0 Å². The topological polar surface area (TPSA) is 55.1 Å². The Labute approximate surface area is 237 Å². The van der Waals surface area contributed by atoms with Gasteiger partial charge < -0.3 is 24.4 Å². The quantitative estimate of drug-likeness (QED) is 0.381. The highest BCUT2D eigenvalue weighted by atomic mass is 35.5. The molecule has 5 rings (SSSR count). The zero-order valence-corrected chi connectivity index (χ0v) is 24.1. The summed E-state index contributed by atoms with van der Waals surface area (Å²) in [5.41, 5.74) is 3.72. The molecule has 2 fully saturated rings. The summed E-state index contributed by atoms with van der Waals surface area (Å²) in [5, 5.41) is 2.08. The Morgan fingerprint density at radius 1 is 1.00 bits per heavy atom. The third-order valence-electron chi connectivity index (χ3n) is 8.54. The number of methoxy groups -OCH3 is 1. The number of anilines is 1. The number of nitrogens with zero attached hydrogens (tertiary/aromatic N) is 4. The zero-order valence-electron chi connectivity index (χ0n) is 23.4. The van der Waals surface area contributed by atoms with Gasteiger partial charge in [-0.3, -0.25) is 9.69 Å². The summed E-state index contributed by atoms with van der Waals surface area (Å²) in [5.74, 6) is 1.70. The predicted octanol–water partition coefficient (Wildman–Crippen LogP) is 5.07. The molecule has 2 saturated heterocycles. The van der Waals surface area contributed by atoms with Crippen molar-refractivity contribution in [1.29, 1.82) is 0 Å². The van der Waals surface area contributed by atoms with Crippen LogP contribution in [0.4, 0.5) is 5.69 Å². The van der Waals surface area contributed by atoms with Crippen molar-refractivity contribution in [2.75, 3.05) is 77.5 Å². The second-order valence-electron chi connectivity index (χ2n) is 10.9. The van der Waals surface area contributed by atoms with E-state index in [4.69, 9.17) is 16.3 Å². The summed E-state index contributed by atoms with van der Waals surface area (Å²) in [7, 11) is 1.73. The number of benzene rings is 2. The van der Waals surface area contributed by atoms with E-state index in [9.17, 15) is 4.79 Å². The lowest BCUT2D eigenvalue weighted by atomic mass is 9.89. The van der Waals surface area contributed by atoms with Crippen molar-refractivity contribution in [2.45, 2.75) is 32.1 Å². The molecule has 0 bridgehead atoms. The number of rotatable bonds is 10.